The third-order valence-electron chi connectivity index (χ3n) is 3.22. The first-order valence-corrected chi connectivity index (χ1v) is 6.59. The third-order valence-corrected chi connectivity index (χ3v) is 3.22. The first kappa shape index (κ1) is 13.1. The molecule has 2 rings (SSSR count). The van der Waals surface area contributed by atoms with Gasteiger partial charge in [-0.25, -0.2) is 0 Å². The fourth-order valence-corrected chi connectivity index (χ4v) is 2.21. The minimum Gasteiger partial charge on any atom is -0.455 e. The molecule has 18 heavy (non-hydrogen) atoms. The molecule has 1 aliphatic rings. The molecule has 0 atom stereocenters. The maximum atomic E-state index is 11.7. The summed E-state index contributed by atoms with van der Waals surface area (Å²) in [7, 11) is 0. The van der Waals surface area contributed by atoms with Gasteiger partial charge >= 0.3 is 0 Å². The number of rotatable bonds is 6. The van der Waals surface area contributed by atoms with Crippen LogP contribution in [0, 0.1) is 0 Å². The Bertz CT molecular complexity index is 383. The number of nitrogens with two attached hydrogens (primary N) is 1. The Kier molecular flexibility index (Phi) is 4.78. The summed E-state index contributed by atoms with van der Waals surface area (Å²) >= 11 is 0. The van der Waals surface area contributed by atoms with E-state index in [2.05, 4.69) is 10.2 Å². The molecule has 1 saturated heterocycles. The number of amides is 1. The van der Waals surface area contributed by atoms with Gasteiger partial charge in [0.15, 0.2) is 5.76 Å². The molecule has 100 valence electrons. The Hall–Kier alpha value is -1.33. The zero-order chi connectivity index (χ0) is 12.8. The summed E-state index contributed by atoms with van der Waals surface area (Å²) in [4.78, 5) is 14.1. The van der Waals surface area contributed by atoms with E-state index in [0.717, 1.165) is 13.0 Å². The fourth-order valence-electron chi connectivity index (χ4n) is 2.21. The molecule has 0 aliphatic carbocycles. The second kappa shape index (κ2) is 6.56. The van der Waals surface area contributed by atoms with Gasteiger partial charge in [-0.1, -0.05) is 0 Å². The summed E-state index contributed by atoms with van der Waals surface area (Å²) in [6.45, 7) is 4.47. The lowest BCUT2D eigenvalue weighted by Crippen LogP contribution is -2.28. The largest absolute Gasteiger partial charge is 0.455 e. The van der Waals surface area contributed by atoms with Crippen LogP contribution >= 0.6 is 0 Å². The Labute approximate surface area is 107 Å². The van der Waals surface area contributed by atoms with E-state index in [9.17, 15) is 4.79 Å². The quantitative estimate of drug-likeness (QED) is 0.739. The van der Waals surface area contributed by atoms with Gasteiger partial charge in [-0.05, 0) is 51.0 Å². The van der Waals surface area contributed by atoms with Crippen LogP contribution in [0.25, 0.3) is 0 Å². The van der Waals surface area contributed by atoms with Crippen molar-refractivity contribution in [2.45, 2.75) is 25.8 Å². The summed E-state index contributed by atoms with van der Waals surface area (Å²) in [6, 6.07) is 3.40. The number of nitrogens with zero attached hydrogens (tertiary/aromatic N) is 1. The zero-order valence-corrected chi connectivity index (χ0v) is 10.7. The molecule has 1 amide bonds. The number of carbonyl (C=O) groups excluding carboxylic acids is 1. The van der Waals surface area contributed by atoms with Crippen LogP contribution in [0.3, 0.4) is 0 Å². The third kappa shape index (κ3) is 3.58. The van der Waals surface area contributed by atoms with Crippen LogP contribution in [0.1, 0.15) is 35.6 Å². The number of hydrogen-bond donors (Lipinski definition) is 2. The van der Waals surface area contributed by atoms with Gasteiger partial charge in [0.25, 0.3) is 5.91 Å². The predicted octanol–water partition coefficient (Wildman–Crippen LogP) is 0.954. The van der Waals surface area contributed by atoms with Crippen molar-refractivity contribution in [3.8, 4) is 0 Å². The highest BCUT2D eigenvalue weighted by atomic mass is 16.4. The maximum Gasteiger partial charge on any atom is 0.286 e. The van der Waals surface area contributed by atoms with E-state index in [1.807, 2.05) is 0 Å². The van der Waals surface area contributed by atoms with Crippen LogP contribution in [0.15, 0.2) is 16.5 Å². The van der Waals surface area contributed by atoms with Gasteiger partial charge < -0.3 is 20.4 Å². The van der Waals surface area contributed by atoms with E-state index >= 15 is 0 Å². The molecule has 0 spiro atoms. The van der Waals surface area contributed by atoms with Crippen molar-refractivity contribution in [3.05, 3.63) is 23.7 Å². The highest BCUT2D eigenvalue weighted by Crippen LogP contribution is 2.08. The van der Waals surface area contributed by atoms with Crippen molar-refractivity contribution >= 4 is 5.91 Å². The van der Waals surface area contributed by atoms with E-state index in [-0.39, 0.29) is 5.91 Å². The first-order chi connectivity index (χ1) is 8.79. The number of hydrogen-bond acceptors (Lipinski definition) is 4. The van der Waals surface area contributed by atoms with Gasteiger partial charge in [0, 0.05) is 6.54 Å². The minimum absolute atomic E-state index is 0.156. The summed E-state index contributed by atoms with van der Waals surface area (Å²) in [5.74, 6) is 0.824. The lowest BCUT2D eigenvalue weighted by Gasteiger charge is -2.13. The van der Waals surface area contributed by atoms with E-state index in [4.69, 9.17) is 10.2 Å². The second-order valence-electron chi connectivity index (χ2n) is 4.63. The summed E-state index contributed by atoms with van der Waals surface area (Å²) in [5.41, 5.74) is 5.42. The molecule has 0 radical (unpaired) electrons. The Morgan fingerprint density at radius 1 is 1.39 bits per heavy atom. The van der Waals surface area contributed by atoms with E-state index < -0.39 is 0 Å². The van der Waals surface area contributed by atoms with Crippen LogP contribution in [0.4, 0.5) is 0 Å². The molecule has 0 unspecified atom stereocenters. The van der Waals surface area contributed by atoms with Gasteiger partial charge in [-0.2, -0.15) is 0 Å². The molecule has 0 saturated carbocycles. The Balaban J connectivity index is 1.65. The maximum absolute atomic E-state index is 11.7. The summed E-state index contributed by atoms with van der Waals surface area (Å²) in [6.07, 6.45) is 3.59. The van der Waals surface area contributed by atoms with Crippen molar-refractivity contribution in [1.29, 1.82) is 0 Å². The van der Waals surface area contributed by atoms with Gasteiger partial charge in [0.1, 0.15) is 5.76 Å². The van der Waals surface area contributed by atoms with Crippen molar-refractivity contribution in [3.63, 3.8) is 0 Å². The predicted molar refractivity (Wildman–Crippen MR) is 69.2 cm³/mol. The molecular formula is C13H21N3O2. The molecule has 1 aromatic heterocycles. The van der Waals surface area contributed by atoms with Crippen LogP contribution in [-0.4, -0.2) is 37.0 Å². The monoisotopic (exact) mass is 251 g/mol. The number of nitrogens with one attached hydrogen (secondary N) is 1. The Morgan fingerprint density at radius 2 is 2.17 bits per heavy atom. The average Bonchev–Trinajstić information content (AvgIpc) is 3.05. The number of carbonyl (C=O) groups is 1. The van der Waals surface area contributed by atoms with Gasteiger partial charge in [0.05, 0.1) is 6.54 Å². The van der Waals surface area contributed by atoms with Gasteiger partial charge in [0.2, 0.25) is 0 Å². The molecular weight excluding hydrogens is 230 g/mol. The average molecular weight is 251 g/mol. The van der Waals surface area contributed by atoms with Crippen LogP contribution in [-0.2, 0) is 6.54 Å². The van der Waals surface area contributed by atoms with Crippen molar-refractivity contribution in [2.24, 2.45) is 5.73 Å². The van der Waals surface area contributed by atoms with Crippen molar-refractivity contribution < 1.29 is 9.21 Å². The normalized spacial score (nSPS) is 16.1. The fraction of sp³-hybridized carbons (Fsp3) is 0.615. The van der Waals surface area contributed by atoms with Gasteiger partial charge in [-0.15, -0.1) is 0 Å². The van der Waals surface area contributed by atoms with Crippen molar-refractivity contribution in [1.82, 2.24) is 10.2 Å². The first-order valence-electron chi connectivity index (χ1n) is 6.59. The molecule has 0 bridgehead atoms. The Morgan fingerprint density at radius 3 is 2.83 bits per heavy atom. The topological polar surface area (TPSA) is 71.5 Å². The number of furan rings is 1. The van der Waals surface area contributed by atoms with Crippen molar-refractivity contribution in [2.75, 3.05) is 26.2 Å². The summed E-state index contributed by atoms with van der Waals surface area (Å²) < 4.78 is 5.28. The molecule has 1 aromatic rings. The molecule has 3 N–H and O–H groups in total. The molecule has 5 heteroatoms. The molecule has 1 fully saturated rings. The molecule has 0 aromatic carbocycles. The second-order valence-corrected chi connectivity index (χ2v) is 4.63. The highest BCUT2D eigenvalue weighted by Gasteiger charge is 2.12. The molecule has 2 heterocycles. The SMILES string of the molecule is NCc1ccc(C(=O)NCCCN2CCCC2)o1. The zero-order valence-electron chi connectivity index (χ0n) is 10.7. The van der Waals surface area contributed by atoms with Gasteiger partial charge in [-0.3, -0.25) is 4.79 Å². The lowest BCUT2D eigenvalue weighted by atomic mass is 10.3. The van der Waals surface area contributed by atoms with E-state index in [1.165, 1.54) is 25.9 Å². The smallest absolute Gasteiger partial charge is 0.286 e. The molecule has 5 nitrogen and oxygen atoms in total. The van der Waals surface area contributed by atoms with Crippen LogP contribution < -0.4 is 11.1 Å². The van der Waals surface area contributed by atoms with Crippen LogP contribution in [0.2, 0.25) is 0 Å². The highest BCUT2D eigenvalue weighted by molar-refractivity contribution is 5.91. The van der Waals surface area contributed by atoms with Crippen LogP contribution in [0.5, 0.6) is 0 Å². The summed E-state index contributed by atoms with van der Waals surface area (Å²) in [5, 5.41) is 2.86. The standard InChI is InChI=1S/C13H21N3O2/c14-10-11-4-5-12(18-11)13(17)15-6-3-9-16-7-1-2-8-16/h4-5H,1-3,6-10,14H2,(H,15,17). The van der Waals surface area contributed by atoms with E-state index in [0.29, 0.717) is 24.6 Å². The van der Waals surface area contributed by atoms with E-state index in [1.54, 1.807) is 12.1 Å². The minimum atomic E-state index is -0.156. The number of likely N-dealkylation sites (tertiary alicyclic amines) is 1. The lowest BCUT2D eigenvalue weighted by molar-refractivity contribution is 0.0922. The molecule has 1 aliphatic heterocycles.